The molecule has 5 nitrogen and oxygen atoms in total. The summed E-state index contributed by atoms with van der Waals surface area (Å²) in [5.41, 5.74) is 1.56. The summed E-state index contributed by atoms with van der Waals surface area (Å²) >= 11 is 5.96. The number of carbonyl (C=O) groups is 1. The van der Waals surface area contributed by atoms with Gasteiger partial charge in [0.2, 0.25) is 0 Å². The predicted octanol–water partition coefficient (Wildman–Crippen LogP) is 4.30. The third-order valence-corrected chi connectivity index (χ3v) is 4.21. The molecule has 0 bridgehead atoms. The number of rotatable bonds is 8. The zero-order chi connectivity index (χ0) is 20.0. The summed E-state index contributed by atoms with van der Waals surface area (Å²) in [6, 6.07) is 9.66. The molecule has 27 heavy (non-hydrogen) atoms. The van der Waals surface area contributed by atoms with Crippen LogP contribution in [-0.4, -0.2) is 38.2 Å². The van der Waals surface area contributed by atoms with Crippen molar-refractivity contribution in [2.45, 2.75) is 20.1 Å². The lowest BCUT2D eigenvalue weighted by Gasteiger charge is -2.19. The number of alkyl halides is 2. The molecule has 0 saturated heterocycles. The summed E-state index contributed by atoms with van der Waals surface area (Å²) in [6.07, 6.45) is 0. The number of carbonyl (C=O) groups excluding carboxylic acids is 1. The minimum atomic E-state index is -2.94. The van der Waals surface area contributed by atoms with Gasteiger partial charge in [-0.25, -0.2) is 0 Å². The van der Waals surface area contributed by atoms with Crippen LogP contribution in [-0.2, 0) is 11.3 Å². The van der Waals surface area contributed by atoms with Crippen molar-refractivity contribution in [3.05, 3.63) is 52.5 Å². The third-order valence-electron chi connectivity index (χ3n) is 3.78. The largest absolute Gasteiger partial charge is 0.493 e. The van der Waals surface area contributed by atoms with Crippen LogP contribution in [0.5, 0.6) is 17.2 Å². The molecule has 2 aromatic rings. The second-order valence-corrected chi connectivity index (χ2v) is 6.22. The Bertz CT molecular complexity index is 801. The molecule has 0 aliphatic carbocycles. The first-order valence-corrected chi connectivity index (χ1v) is 8.42. The fourth-order valence-electron chi connectivity index (χ4n) is 2.33. The van der Waals surface area contributed by atoms with E-state index in [4.69, 9.17) is 21.1 Å². The van der Waals surface area contributed by atoms with Crippen molar-refractivity contribution in [1.29, 1.82) is 0 Å². The Morgan fingerprint density at radius 3 is 2.56 bits per heavy atom. The fourth-order valence-corrected chi connectivity index (χ4v) is 2.45. The Labute approximate surface area is 161 Å². The molecule has 0 aliphatic heterocycles. The van der Waals surface area contributed by atoms with Crippen LogP contribution in [0.1, 0.15) is 11.1 Å². The highest BCUT2D eigenvalue weighted by Crippen LogP contribution is 2.29. The molecule has 0 atom stereocenters. The van der Waals surface area contributed by atoms with Gasteiger partial charge < -0.3 is 19.1 Å². The topological polar surface area (TPSA) is 48.0 Å². The summed E-state index contributed by atoms with van der Waals surface area (Å²) < 4.78 is 39.7. The maximum absolute atomic E-state index is 12.4. The van der Waals surface area contributed by atoms with E-state index in [0.717, 1.165) is 5.56 Å². The van der Waals surface area contributed by atoms with E-state index in [9.17, 15) is 13.6 Å². The van der Waals surface area contributed by atoms with Gasteiger partial charge in [-0.1, -0.05) is 17.7 Å². The van der Waals surface area contributed by atoms with Gasteiger partial charge in [0.25, 0.3) is 5.91 Å². The Kier molecular flexibility index (Phi) is 7.24. The smallest absolute Gasteiger partial charge is 0.387 e. The number of ether oxygens (including phenoxy) is 3. The standard InChI is InChI=1S/C19H20ClF2NO4/c1-12-8-14(5-6-15(12)20)26-11-18(24)23(2)10-13-4-7-16(27-19(21)22)17(9-13)25-3/h4-9,19H,10-11H2,1-3H3. The third kappa shape index (κ3) is 5.99. The SMILES string of the molecule is COc1cc(CN(C)C(=O)COc2ccc(Cl)c(C)c2)ccc1OC(F)F. The number of benzene rings is 2. The summed E-state index contributed by atoms with van der Waals surface area (Å²) in [7, 11) is 2.98. The average molecular weight is 400 g/mol. The Morgan fingerprint density at radius 2 is 1.93 bits per heavy atom. The van der Waals surface area contributed by atoms with Gasteiger partial charge in [-0.15, -0.1) is 0 Å². The van der Waals surface area contributed by atoms with E-state index in [-0.39, 0.29) is 30.6 Å². The first-order valence-electron chi connectivity index (χ1n) is 8.04. The lowest BCUT2D eigenvalue weighted by Crippen LogP contribution is -2.31. The number of nitrogens with zero attached hydrogens (tertiary/aromatic N) is 1. The van der Waals surface area contributed by atoms with Crippen molar-refractivity contribution >= 4 is 17.5 Å². The molecule has 0 aliphatic rings. The highest BCUT2D eigenvalue weighted by molar-refractivity contribution is 6.31. The molecule has 8 heteroatoms. The van der Waals surface area contributed by atoms with Gasteiger partial charge in [0.05, 0.1) is 7.11 Å². The summed E-state index contributed by atoms with van der Waals surface area (Å²) in [6.45, 7) is -0.977. The van der Waals surface area contributed by atoms with Crippen LogP contribution in [0.4, 0.5) is 8.78 Å². The molecule has 0 spiro atoms. The molecular weight excluding hydrogens is 380 g/mol. The summed E-state index contributed by atoms with van der Waals surface area (Å²) in [4.78, 5) is 13.7. The predicted molar refractivity (Wildman–Crippen MR) is 97.8 cm³/mol. The minimum Gasteiger partial charge on any atom is -0.493 e. The molecule has 0 heterocycles. The number of likely N-dealkylation sites (N-methyl/N-ethyl adjacent to an activating group) is 1. The molecule has 0 fully saturated rings. The summed E-state index contributed by atoms with van der Waals surface area (Å²) in [5.74, 6) is 0.413. The van der Waals surface area contributed by atoms with Crippen LogP contribution < -0.4 is 14.2 Å². The van der Waals surface area contributed by atoms with Gasteiger partial charge in [0.1, 0.15) is 5.75 Å². The molecule has 0 radical (unpaired) electrons. The second kappa shape index (κ2) is 9.41. The Hall–Kier alpha value is -2.54. The zero-order valence-corrected chi connectivity index (χ0v) is 15.9. The van der Waals surface area contributed by atoms with Gasteiger partial charge in [-0.2, -0.15) is 8.78 Å². The van der Waals surface area contributed by atoms with Crippen molar-refractivity contribution < 1.29 is 27.8 Å². The average Bonchev–Trinajstić information content (AvgIpc) is 2.63. The zero-order valence-electron chi connectivity index (χ0n) is 15.2. The maximum Gasteiger partial charge on any atom is 0.387 e. The van der Waals surface area contributed by atoms with Crippen LogP contribution in [0.25, 0.3) is 0 Å². The van der Waals surface area contributed by atoms with Crippen LogP contribution in [0.3, 0.4) is 0 Å². The molecule has 0 aromatic heterocycles. The first-order chi connectivity index (χ1) is 12.8. The fraction of sp³-hybridized carbons (Fsp3) is 0.316. The molecule has 0 N–H and O–H groups in total. The van der Waals surface area contributed by atoms with E-state index in [1.807, 2.05) is 6.92 Å². The molecule has 2 rings (SSSR count). The van der Waals surface area contributed by atoms with E-state index < -0.39 is 6.61 Å². The van der Waals surface area contributed by atoms with E-state index in [1.165, 1.54) is 18.1 Å². The van der Waals surface area contributed by atoms with Crippen LogP contribution in [0.15, 0.2) is 36.4 Å². The highest BCUT2D eigenvalue weighted by Gasteiger charge is 2.14. The van der Waals surface area contributed by atoms with Crippen molar-refractivity contribution in [2.24, 2.45) is 0 Å². The first kappa shape index (κ1) is 20.8. The molecule has 1 amide bonds. The van der Waals surface area contributed by atoms with E-state index >= 15 is 0 Å². The van der Waals surface area contributed by atoms with Gasteiger partial charge in [-0.05, 0) is 48.4 Å². The van der Waals surface area contributed by atoms with Crippen molar-refractivity contribution in [3.8, 4) is 17.2 Å². The summed E-state index contributed by atoms with van der Waals surface area (Å²) in [5, 5.41) is 0.624. The second-order valence-electron chi connectivity index (χ2n) is 5.81. The molecule has 0 unspecified atom stereocenters. The van der Waals surface area contributed by atoms with Gasteiger partial charge in [0, 0.05) is 18.6 Å². The maximum atomic E-state index is 12.4. The lowest BCUT2D eigenvalue weighted by atomic mass is 10.2. The molecule has 0 saturated carbocycles. The molecule has 146 valence electrons. The Balaban J connectivity index is 1.96. The van der Waals surface area contributed by atoms with Crippen molar-refractivity contribution in [3.63, 3.8) is 0 Å². The number of hydrogen-bond acceptors (Lipinski definition) is 4. The van der Waals surface area contributed by atoms with E-state index in [1.54, 1.807) is 37.4 Å². The van der Waals surface area contributed by atoms with Crippen molar-refractivity contribution in [2.75, 3.05) is 20.8 Å². The van der Waals surface area contributed by atoms with Gasteiger partial charge in [-0.3, -0.25) is 4.79 Å². The normalized spacial score (nSPS) is 10.6. The van der Waals surface area contributed by atoms with Crippen LogP contribution in [0, 0.1) is 6.92 Å². The minimum absolute atomic E-state index is 0.0633. The Morgan fingerprint density at radius 1 is 1.19 bits per heavy atom. The highest BCUT2D eigenvalue weighted by atomic mass is 35.5. The number of aryl methyl sites for hydroxylation is 1. The number of methoxy groups -OCH3 is 1. The van der Waals surface area contributed by atoms with Crippen molar-refractivity contribution in [1.82, 2.24) is 4.90 Å². The molecule has 2 aromatic carbocycles. The quantitative estimate of drug-likeness (QED) is 0.664. The van der Waals surface area contributed by atoms with E-state index in [2.05, 4.69) is 4.74 Å². The van der Waals surface area contributed by atoms with Crippen LogP contribution >= 0.6 is 11.6 Å². The number of amides is 1. The van der Waals surface area contributed by atoms with Gasteiger partial charge in [0.15, 0.2) is 18.1 Å². The van der Waals surface area contributed by atoms with E-state index in [0.29, 0.717) is 16.3 Å². The number of hydrogen-bond donors (Lipinski definition) is 0. The molecular formula is C19H20ClF2NO4. The monoisotopic (exact) mass is 399 g/mol. The number of halogens is 3. The van der Waals surface area contributed by atoms with Gasteiger partial charge >= 0.3 is 6.61 Å². The van der Waals surface area contributed by atoms with Crippen LogP contribution in [0.2, 0.25) is 5.02 Å². The lowest BCUT2D eigenvalue weighted by molar-refractivity contribution is -0.132.